The van der Waals surface area contributed by atoms with Crippen LogP contribution in [-0.2, 0) is 14.6 Å². The number of thioether (sulfide) groups is 1. The quantitative estimate of drug-likeness (QED) is 0.412. The molecule has 1 aliphatic heterocycles. The molecule has 3 aromatic rings. The minimum atomic E-state index is -3.07. The van der Waals surface area contributed by atoms with Crippen molar-refractivity contribution in [3.05, 3.63) is 48.8 Å². The molecule has 1 saturated heterocycles. The summed E-state index contributed by atoms with van der Waals surface area (Å²) in [5.41, 5.74) is 1.63. The molecule has 1 unspecified atom stereocenters. The Balaban J connectivity index is 1.59. The van der Waals surface area contributed by atoms with Gasteiger partial charge in [0, 0.05) is 36.2 Å². The third-order valence-corrected chi connectivity index (χ3v) is 8.26. The molecule has 0 radical (unpaired) electrons. The molecule has 0 spiro atoms. The fourth-order valence-corrected chi connectivity index (χ4v) is 6.57. The molecule has 1 aliphatic rings. The summed E-state index contributed by atoms with van der Waals surface area (Å²) in [5, 5.41) is 9.29. The number of hydrogen-bond acceptors (Lipinski definition) is 8. The fraction of sp³-hybridized carbons (Fsp3) is 0.391. The summed E-state index contributed by atoms with van der Waals surface area (Å²) in [5.74, 6) is 1.56. The van der Waals surface area contributed by atoms with E-state index in [2.05, 4.69) is 15.2 Å². The van der Waals surface area contributed by atoms with E-state index in [1.807, 2.05) is 54.8 Å². The molecular weight excluding hydrogens is 474 g/mol. The van der Waals surface area contributed by atoms with Crippen molar-refractivity contribution in [2.75, 3.05) is 30.4 Å². The van der Waals surface area contributed by atoms with Gasteiger partial charge in [-0.2, -0.15) is 0 Å². The van der Waals surface area contributed by atoms with Gasteiger partial charge < -0.3 is 9.64 Å². The van der Waals surface area contributed by atoms with E-state index in [1.54, 1.807) is 17.3 Å². The highest BCUT2D eigenvalue weighted by molar-refractivity contribution is 7.99. The van der Waals surface area contributed by atoms with E-state index in [9.17, 15) is 13.2 Å². The zero-order valence-electron chi connectivity index (χ0n) is 19.1. The summed E-state index contributed by atoms with van der Waals surface area (Å²) >= 11 is 1.28. The van der Waals surface area contributed by atoms with Crippen molar-refractivity contribution in [2.24, 2.45) is 0 Å². The number of nitrogens with zero attached hydrogens (tertiary/aromatic N) is 5. The van der Waals surface area contributed by atoms with Gasteiger partial charge in [0.2, 0.25) is 5.91 Å². The number of aromatic nitrogens is 4. The van der Waals surface area contributed by atoms with E-state index in [-0.39, 0.29) is 29.2 Å². The van der Waals surface area contributed by atoms with Crippen LogP contribution in [-0.4, -0.2) is 75.4 Å². The highest BCUT2D eigenvalue weighted by atomic mass is 32.2. The number of rotatable bonds is 9. The Labute approximate surface area is 203 Å². The number of hydrogen-bond donors (Lipinski definition) is 0. The van der Waals surface area contributed by atoms with Crippen molar-refractivity contribution in [2.45, 2.75) is 31.5 Å². The van der Waals surface area contributed by atoms with Crippen LogP contribution >= 0.6 is 11.8 Å². The zero-order chi connectivity index (χ0) is 24.1. The first-order chi connectivity index (χ1) is 16.4. The smallest absolute Gasteiger partial charge is 0.233 e. The van der Waals surface area contributed by atoms with Crippen LogP contribution in [0.5, 0.6) is 5.75 Å². The second-order valence-corrected chi connectivity index (χ2v) is 11.0. The maximum absolute atomic E-state index is 13.0. The van der Waals surface area contributed by atoms with Gasteiger partial charge in [-0.05, 0) is 56.7 Å². The Morgan fingerprint density at radius 3 is 2.62 bits per heavy atom. The molecular formula is C23H27N5O4S2. The van der Waals surface area contributed by atoms with Crippen LogP contribution in [0.3, 0.4) is 0 Å². The summed E-state index contributed by atoms with van der Waals surface area (Å²) in [6.45, 7) is 4.84. The Bertz CT molecular complexity index is 1230. The molecule has 180 valence electrons. The molecule has 1 amide bonds. The molecule has 4 rings (SSSR count). The van der Waals surface area contributed by atoms with Crippen LogP contribution in [0.1, 0.15) is 20.3 Å². The molecule has 3 heterocycles. The molecule has 34 heavy (non-hydrogen) atoms. The van der Waals surface area contributed by atoms with Gasteiger partial charge in [-0.15, -0.1) is 10.2 Å². The number of sulfone groups is 1. The van der Waals surface area contributed by atoms with Gasteiger partial charge in [0.05, 0.1) is 23.9 Å². The van der Waals surface area contributed by atoms with Crippen LogP contribution in [0.4, 0.5) is 0 Å². The van der Waals surface area contributed by atoms with E-state index in [4.69, 9.17) is 4.74 Å². The number of amides is 1. The lowest BCUT2D eigenvalue weighted by molar-refractivity contribution is -0.129. The van der Waals surface area contributed by atoms with Crippen molar-refractivity contribution in [1.29, 1.82) is 0 Å². The third kappa shape index (κ3) is 5.41. The molecule has 1 fully saturated rings. The second kappa shape index (κ2) is 10.6. The molecule has 2 aromatic heterocycles. The number of benzene rings is 1. The number of carbonyl (C=O) groups is 1. The first-order valence-corrected chi connectivity index (χ1v) is 13.9. The summed E-state index contributed by atoms with van der Waals surface area (Å²) in [6.07, 6.45) is 3.89. The van der Waals surface area contributed by atoms with E-state index in [0.29, 0.717) is 30.6 Å². The SMILES string of the molecule is CCOc1ccc(-n2c(SCC(=O)N(CC)C3CCS(=O)(=O)C3)nnc2-c2cccnc2)cc1. The maximum Gasteiger partial charge on any atom is 0.233 e. The fourth-order valence-electron chi connectivity index (χ4n) is 4.00. The summed E-state index contributed by atoms with van der Waals surface area (Å²) in [6, 6.07) is 11.1. The first-order valence-electron chi connectivity index (χ1n) is 11.1. The predicted molar refractivity (Wildman–Crippen MR) is 131 cm³/mol. The lowest BCUT2D eigenvalue weighted by Crippen LogP contribution is -2.42. The van der Waals surface area contributed by atoms with Gasteiger partial charge in [-0.3, -0.25) is 14.3 Å². The predicted octanol–water partition coefficient (Wildman–Crippen LogP) is 2.86. The van der Waals surface area contributed by atoms with Crippen LogP contribution in [0.25, 0.3) is 17.1 Å². The lowest BCUT2D eigenvalue weighted by atomic mass is 10.2. The third-order valence-electron chi connectivity index (χ3n) is 5.59. The van der Waals surface area contributed by atoms with E-state index in [1.165, 1.54) is 11.8 Å². The van der Waals surface area contributed by atoms with Crippen molar-refractivity contribution >= 4 is 27.5 Å². The largest absolute Gasteiger partial charge is 0.494 e. The van der Waals surface area contributed by atoms with Gasteiger partial charge in [0.1, 0.15) is 5.75 Å². The van der Waals surface area contributed by atoms with Crippen molar-refractivity contribution in [1.82, 2.24) is 24.6 Å². The number of ether oxygens (including phenoxy) is 1. The summed E-state index contributed by atoms with van der Waals surface area (Å²) < 4.78 is 31.2. The van der Waals surface area contributed by atoms with Crippen LogP contribution in [0.15, 0.2) is 53.9 Å². The molecule has 0 saturated carbocycles. The molecule has 0 bridgehead atoms. The number of carbonyl (C=O) groups excluding carboxylic acids is 1. The van der Waals surface area contributed by atoms with Gasteiger partial charge >= 0.3 is 0 Å². The van der Waals surface area contributed by atoms with Crippen molar-refractivity contribution in [3.8, 4) is 22.8 Å². The lowest BCUT2D eigenvalue weighted by Gasteiger charge is -2.26. The number of pyridine rings is 1. The topological polar surface area (TPSA) is 107 Å². The molecule has 0 aliphatic carbocycles. The summed E-state index contributed by atoms with van der Waals surface area (Å²) in [4.78, 5) is 18.9. The summed E-state index contributed by atoms with van der Waals surface area (Å²) in [7, 11) is -3.07. The highest BCUT2D eigenvalue weighted by Crippen LogP contribution is 2.29. The highest BCUT2D eigenvalue weighted by Gasteiger charge is 2.34. The normalized spacial score (nSPS) is 16.9. The van der Waals surface area contributed by atoms with Gasteiger partial charge in [0.25, 0.3) is 0 Å². The van der Waals surface area contributed by atoms with Gasteiger partial charge in [-0.1, -0.05) is 11.8 Å². The average molecular weight is 502 g/mol. The van der Waals surface area contributed by atoms with Crippen LogP contribution in [0.2, 0.25) is 0 Å². The van der Waals surface area contributed by atoms with Crippen LogP contribution in [0, 0.1) is 0 Å². The first kappa shape index (κ1) is 24.2. The average Bonchev–Trinajstić information content (AvgIpc) is 3.42. The Kier molecular flexibility index (Phi) is 7.52. The molecule has 1 aromatic carbocycles. The molecule has 9 nitrogen and oxygen atoms in total. The van der Waals surface area contributed by atoms with Gasteiger partial charge in [0.15, 0.2) is 20.8 Å². The minimum absolute atomic E-state index is 0.0325. The van der Waals surface area contributed by atoms with Crippen molar-refractivity contribution < 1.29 is 17.9 Å². The van der Waals surface area contributed by atoms with E-state index < -0.39 is 9.84 Å². The Morgan fingerprint density at radius 1 is 1.21 bits per heavy atom. The maximum atomic E-state index is 13.0. The molecule has 0 N–H and O–H groups in total. The van der Waals surface area contributed by atoms with E-state index in [0.717, 1.165) is 17.0 Å². The van der Waals surface area contributed by atoms with Crippen LogP contribution < -0.4 is 4.74 Å². The second-order valence-electron chi connectivity index (χ2n) is 7.84. The Morgan fingerprint density at radius 2 is 2.00 bits per heavy atom. The van der Waals surface area contributed by atoms with Crippen molar-refractivity contribution in [3.63, 3.8) is 0 Å². The Hall–Kier alpha value is -2.92. The standard InChI is InChI=1S/C23H27N5O4S2/c1-3-27(19-11-13-34(30,31)16-19)21(29)15-33-23-26-25-22(17-6-5-12-24-14-17)28(23)18-7-9-20(10-8-18)32-4-2/h5-10,12,14,19H,3-4,11,13,15-16H2,1-2H3. The molecule has 1 atom stereocenters. The van der Waals surface area contributed by atoms with E-state index >= 15 is 0 Å². The zero-order valence-corrected chi connectivity index (χ0v) is 20.8. The molecule has 11 heteroatoms. The monoisotopic (exact) mass is 501 g/mol. The van der Waals surface area contributed by atoms with Gasteiger partial charge in [-0.25, -0.2) is 8.42 Å². The minimum Gasteiger partial charge on any atom is -0.494 e.